The summed E-state index contributed by atoms with van der Waals surface area (Å²) in [4.78, 5) is 15.6. The van der Waals surface area contributed by atoms with Gasteiger partial charge in [-0.15, -0.1) is 0 Å². The molecule has 0 atom stereocenters. The topological polar surface area (TPSA) is 149 Å². The molecule has 0 radical (unpaired) electrons. The van der Waals surface area contributed by atoms with Crippen LogP contribution in [0.2, 0.25) is 5.02 Å². The molecule has 1 aliphatic heterocycles. The molecule has 6 N–H and O–H groups in total. The van der Waals surface area contributed by atoms with E-state index >= 15 is 0 Å². The maximum Gasteiger partial charge on any atom is 0.316 e. The van der Waals surface area contributed by atoms with E-state index in [1.807, 2.05) is 30.0 Å². The van der Waals surface area contributed by atoms with Crippen molar-refractivity contribution in [1.29, 1.82) is 0 Å². The van der Waals surface area contributed by atoms with Crippen LogP contribution in [0.15, 0.2) is 53.5 Å². The SMILES string of the molecule is Cc1ccc(CNS(O)(O)N2CCN(c3cnn(-c4cccc(Cl)c4)c(=O)c3OCC3(CO)CC3)CC2)cc1N. The van der Waals surface area contributed by atoms with Gasteiger partial charge in [0.05, 0.1) is 25.1 Å². The van der Waals surface area contributed by atoms with Crippen LogP contribution in [0.1, 0.15) is 24.0 Å². The maximum atomic E-state index is 13.6. The normalized spacial score (nSPS) is 17.6. The molecule has 13 heteroatoms. The zero-order valence-corrected chi connectivity index (χ0v) is 23.9. The van der Waals surface area contributed by atoms with Gasteiger partial charge >= 0.3 is 5.56 Å². The number of aliphatic hydroxyl groups is 1. The van der Waals surface area contributed by atoms with Gasteiger partial charge in [-0.05, 0) is 55.2 Å². The number of piperazine rings is 1. The second kappa shape index (κ2) is 11.6. The number of aryl methyl sites for hydroxylation is 1. The maximum absolute atomic E-state index is 13.6. The number of anilines is 2. The lowest BCUT2D eigenvalue weighted by Crippen LogP contribution is -2.50. The van der Waals surface area contributed by atoms with Crippen LogP contribution in [0.5, 0.6) is 5.75 Å². The highest BCUT2D eigenvalue weighted by atomic mass is 35.5. The lowest BCUT2D eigenvalue weighted by atomic mass is 10.1. The first-order valence-corrected chi connectivity index (χ1v) is 15.0. The average molecular weight is 591 g/mol. The Hall–Kier alpha value is -2.84. The molecule has 2 heterocycles. The molecular weight excluding hydrogens is 556 g/mol. The van der Waals surface area contributed by atoms with Crippen molar-refractivity contribution >= 4 is 33.9 Å². The van der Waals surface area contributed by atoms with Crippen molar-refractivity contribution in [3.63, 3.8) is 0 Å². The Bertz CT molecular complexity index is 1420. The fourth-order valence-corrected chi connectivity index (χ4v) is 5.99. The third-order valence-corrected chi connectivity index (χ3v) is 9.39. The zero-order chi connectivity index (χ0) is 28.5. The Morgan fingerprint density at radius 2 is 1.90 bits per heavy atom. The summed E-state index contributed by atoms with van der Waals surface area (Å²) >= 11 is 6.14. The van der Waals surface area contributed by atoms with Crippen LogP contribution in [0.25, 0.3) is 5.69 Å². The lowest BCUT2D eigenvalue weighted by Gasteiger charge is -2.47. The van der Waals surface area contributed by atoms with Crippen molar-refractivity contribution in [2.75, 3.05) is 50.0 Å². The summed E-state index contributed by atoms with van der Waals surface area (Å²) in [6.45, 7) is 3.89. The Balaban J connectivity index is 1.31. The first kappa shape index (κ1) is 28.7. The number of nitrogens with zero attached hydrogens (tertiary/aromatic N) is 4. The van der Waals surface area contributed by atoms with Crippen molar-refractivity contribution < 1.29 is 18.9 Å². The Kier molecular flexibility index (Phi) is 8.30. The van der Waals surface area contributed by atoms with E-state index in [9.17, 15) is 19.0 Å². The van der Waals surface area contributed by atoms with Gasteiger partial charge in [0.1, 0.15) is 5.69 Å². The van der Waals surface area contributed by atoms with Crippen LogP contribution in [0.3, 0.4) is 0 Å². The van der Waals surface area contributed by atoms with Crippen LogP contribution in [-0.4, -0.2) is 67.7 Å². The fraction of sp³-hybridized carbons (Fsp3) is 0.407. The highest BCUT2D eigenvalue weighted by Crippen LogP contribution is 2.46. The van der Waals surface area contributed by atoms with Crippen LogP contribution in [0.4, 0.5) is 11.4 Å². The molecule has 5 rings (SSSR count). The van der Waals surface area contributed by atoms with E-state index in [2.05, 4.69) is 9.82 Å². The summed E-state index contributed by atoms with van der Waals surface area (Å²) in [6.07, 6.45) is 3.26. The summed E-state index contributed by atoms with van der Waals surface area (Å²) in [7, 11) is -3.24. The van der Waals surface area contributed by atoms with Crippen molar-refractivity contribution in [2.24, 2.45) is 5.41 Å². The molecule has 3 aromatic rings. The van der Waals surface area contributed by atoms with Crippen molar-refractivity contribution in [3.05, 3.63) is 75.2 Å². The molecule has 0 bridgehead atoms. The van der Waals surface area contributed by atoms with Crippen molar-refractivity contribution in [2.45, 2.75) is 26.3 Å². The molecule has 11 nitrogen and oxygen atoms in total. The van der Waals surface area contributed by atoms with Gasteiger partial charge in [-0.25, -0.2) is 4.72 Å². The molecule has 1 saturated carbocycles. The number of ether oxygens (including phenoxy) is 1. The molecular formula is C27H35ClN6O5S. The monoisotopic (exact) mass is 590 g/mol. The van der Waals surface area contributed by atoms with E-state index in [1.165, 1.54) is 4.68 Å². The van der Waals surface area contributed by atoms with E-state index in [0.29, 0.717) is 48.3 Å². The zero-order valence-electron chi connectivity index (χ0n) is 22.3. The van der Waals surface area contributed by atoms with E-state index in [4.69, 9.17) is 22.1 Å². The number of aromatic nitrogens is 2. The quantitative estimate of drug-likeness (QED) is 0.222. The van der Waals surface area contributed by atoms with Gasteiger partial charge in [-0.1, -0.05) is 40.8 Å². The first-order valence-electron chi connectivity index (χ1n) is 13.1. The summed E-state index contributed by atoms with van der Waals surface area (Å²) in [6, 6.07) is 12.5. The fourth-order valence-electron chi connectivity index (χ4n) is 4.59. The minimum absolute atomic E-state index is 0.00534. The number of hydrogen-bond donors (Lipinski definition) is 5. The van der Waals surface area contributed by atoms with Crippen LogP contribution < -0.4 is 25.7 Å². The van der Waals surface area contributed by atoms with Gasteiger partial charge in [-0.2, -0.15) is 14.1 Å². The Labute approximate surface area is 239 Å². The highest BCUT2D eigenvalue weighted by Gasteiger charge is 2.43. The molecule has 1 aromatic heterocycles. The van der Waals surface area contributed by atoms with Gasteiger partial charge in [0, 0.05) is 48.8 Å². The number of benzene rings is 2. The van der Waals surface area contributed by atoms with Gasteiger partial charge in [0.15, 0.2) is 0 Å². The summed E-state index contributed by atoms with van der Waals surface area (Å²) in [5.74, 6) is 0.143. The number of nitrogens with two attached hydrogens (primary N) is 1. The number of nitrogen functional groups attached to an aromatic ring is 1. The third-order valence-electron chi connectivity index (χ3n) is 7.54. The molecule has 2 fully saturated rings. The molecule has 216 valence electrons. The van der Waals surface area contributed by atoms with Gasteiger partial charge in [0.2, 0.25) is 5.75 Å². The van der Waals surface area contributed by atoms with E-state index in [-0.39, 0.29) is 30.9 Å². The van der Waals surface area contributed by atoms with Crippen LogP contribution >= 0.6 is 22.6 Å². The van der Waals surface area contributed by atoms with Crippen molar-refractivity contribution in [1.82, 2.24) is 18.8 Å². The second-order valence-corrected chi connectivity index (χ2v) is 12.7. The lowest BCUT2D eigenvalue weighted by molar-refractivity contribution is 0.145. The van der Waals surface area contributed by atoms with Crippen LogP contribution in [-0.2, 0) is 6.54 Å². The standard InChI is InChI=1S/C27H35ClN6O5S/c1-19-5-6-20(13-23(19)29)15-31-40(37,38)33-11-9-32(10-12-33)24-16-30-34(22-4-2-3-21(28)14-22)26(36)25(24)39-18-27(17-35)7-8-27/h2-6,13-14,16,31,35,37-38H,7-12,15,17-18,29H2,1H3. The molecule has 1 saturated heterocycles. The Morgan fingerprint density at radius 3 is 2.55 bits per heavy atom. The van der Waals surface area contributed by atoms with Gasteiger partial charge in [-0.3, -0.25) is 13.9 Å². The minimum atomic E-state index is -3.24. The number of halogens is 1. The smallest absolute Gasteiger partial charge is 0.316 e. The van der Waals surface area contributed by atoms with Crippen molar-refractivity contribution in [3.8, 4) is 11.4 Å². The minimum Gasteiger partial charge on any atom is -0.486 e. The van der Waals surface area contributed by atoms with Gasteiger partial charge in [0.25, 0.3) is 0 Å². The number of rotatable bonds is 10. The van der Waals surface area contributed by atoms with Crippen LogP contribution in [0, 0.1) is 12.3 Å². The molecule has 0 unspecified atom stereocenters. The highest BCUT2D eigenvalue weighted by molar-refractivity contribution is 8.20. The molecule has 2 aromatic carbocycles. The first-order chi connectivity index (χ1) is 19.1. The van der Waals surface area contributed by atoms with E-state index in [1.54, 1.807) is 34.8 Å². The number of aliphatic hydroxyl groups excluding tert-OH is 1. The second-order valence-electron chi connectivity index (χ2n) is 10.4. The summed E-state index contributed by atoms with van der Waals surface area (Å²) < 4.78 is 33.5. The predicted molar refractivity (Wildman–Crippen MR) is 158 cm³/mol. The predicted octanol–water partition coefficient (Wildman–Crippen LogP) is 3.42. The van der Waals surface area contributed by atoms with E-state index < -0.39 is 16.5 Å². The molecule has 1 aliphatic carbocycles. The Morgan fingerprint density at radius 1 is 1.15 bits per heavy atom. The summed E-state index contributed by atoms with van der Waals surface area (Å²) in [5.41, 5.74) is 8.74. The summed E-state index contributed by atoms with van der Waals surface area (Å²) in [5, 5.41) is 14.6. The average Bonchev–Trinajstić information content (AvgIpc) is 3.73. The van der Waals surface area contributed by atoms with E-state index in [0.717, 1.165) is 24.0 Å². The third kappa shape index (κ3) is 6.23. The number of nitrogens with one attached hydrogen (secondary N) is 1. The molecule has 0 spiro atoms. The molecule has 40 heavy (non-hydrogen) atoms. The molecule has 2 aliphatic rings. The number of hydrogen-bond acceptors (Lipinski definition) is 10. The van der Waals surface area contributed by atoms with Gasteiger partial charge < -0.3 is 20.5 Å². The largest absolute Gasteiger partial charge is 0.486 e. The molecule has 0 amide bonds.